The highest BCUT2D eigenvalue weighted by Gasteiger charge is 2.44. The topological polar surface area (TPSA) is 442 Å². The third-order valence-electron chi connectivity index (χ3n) is 18.8. The third-order valence-corrected chi connectivity index (χ3v) is 19.2. The summed E-state index contributed by atoms with van der Waals surface area (Å²) in [7, 11) is 0. The van der Waals surface area contributed by atoms with Crippen molar-refractivity contribution >= 4 is 95.4 Å². The molecular weight excluding hydrogens is 1360 g/mol. The number of carbonyl (C=O) groups excluding carboxylic acids is 14. The van der Waals surface area contributed by atoms with Gasteiger partial charge >= 0.3 is 5.97 Å². The molecule has 2 fully saturated rings. The lowest BCUT2D eigenvalue weighted by Crippen LogP contribution is -2.64. The lowest BCUT2D eigenvalue weighted by atomic mass is 9.95. The summed E-state index contributed by atoms with van der Waals surface area (Å²) < 4.78 is 5.96. The first-order valence-corrected chi connectivity index (χ1v) is 37.4. The molecule has 31 heteroatoms. The van der Waals surface area contributed by atoms with E-state index >= 15 is 9.59 Å². The fourth-order valence-electron chi connectivity index (χ4n) is 11.8. The fourth-order valence-corrected chi connectivity index (χ4v) is 12.1. The second-order valence-electron chi connectivity index (χ2n) is 29.2. The van der Waals surface area contributed by atoms with E-state index in [0.717, 1.165) is 6.42 Å². The first kappa shape index (κ1) is 90.0. The van der Waals surface area contributed by atoms with Crippen molar-refractivity contribution in [2.75, 3.05) is 18.8 Å². The van der Waals surface area contributed by atoms with Gasteiger partial charge in [-0.1, -0.05) is 153 Å². The Labute approximate surface area is 618 Å². The number of benzene rings is 1. The van der Waals surface area contributed by atoms with Crippen molar-refractivity contribution in [3.63, 3.8) is 0 Å². The smallest absolute Gasteiger partial charge is 0.329 e. The largest absolute Gasteiger partial charge is 0.458 e. The first-order chi connectivity index (χ1) is 48.9. The van der Waals surface area contributed by atoms with Gasteiger partial charge in [0, 0.05) is 25.1 Å². The molecule has 0 spiro atoms. The van der Waals surface area contributed by atoms with Gasteiger partial charge in [-0.05, 0) is 106 Å². The van der Waals surface area contributed by atoms with Gasteiger partial charge in [-0.25, -0.2) is 4.79 Å². The summed E-state index contributed by atoms with van der Waals surface area (Å²) in [6, 6.07) is -7.83. The fraction of sp³-hybridized carbons (Fsp3) is 0.699. The number of thiol groups is 1. The molecule has 0 aliphatic carbocycles. The molecule has 13 amide bonds. The molecule has 0 saturated carbocycles. The summed E-state index contributed by atoms with van der Waals surface area (Å²) in [6.07, 6.45) is 0.927. The van der Waals surface area contributed by atoms with Gasteiger partial charge in [0.15, 0.2) is 0 Å². The number of rotatable bonds is 33. The van der Waals surface area contributed by atoms with Crippen molar-refractivity contribution in [3.05, 3.63) is 47.7 Å². The molecule has 1 aromatic rings. The van der Waals surface area contributed by atoms with E-state index in [0.29, 0.717) is 30.7 Å². The predicted molar refractivity (Wildman–Crippen MR) is 394 cm³/mol. The van der Waals surface area contributed by atoms with E-state index in [1.165, 1.54) is 31.7 Å². The molecular formula is C73H120N14O16S. The van der Waals surface area contributed by atoms with Crippen LogP contribution in [0.5, 0.6) is 0 Å². The van der Waals surface area contributed by atoms with E-state index in [4.69, 9.17) is 10.5 Å². The number of nitrogens with one attached hydrogen (secondary N) is 12. The zero-order valence-corrected chi connectivity index (χ0v) is 64.7. The summed E-state index contributed by atoms with van der Waals surface area (Å²) in [4.78, 5) is 201. The highest BCUT2D eigenvalue weighted by atomic mass is 32.1. The Morgan fingerprint density at radius 3 is 1.76 bits per heavy atom. The number of ether oxygens (including phenoxy) is 1. The van der Waals surface area contributed by atoms with Gasteiger partial charge in [0.1, 0.15) is 84.3 Å². The van der Waals surface area contributed by atoms with Crippen molar-refractivity contribution in [1.29, 1.82) is 0 Å². The number of carbonyl (C=O) groups is 14. The van der Waals surface area contributed by atoms with E-state index in [9.17, 15) is 62.6 Å². The number of hydrogen-bond acceptors (Lipinski definition) is 18. The van der Waals surface area contributed by atoms with Crippen LogP contribution in [0.2, 0.25) is 0 Å². The number of esters is 1. The van der Waals surface area contributed by atoms with Crippen LogP contribution < -0.4 is 69.5 Å². The Morgan fingerprint density at radius 1 is 0.644 bits per heavy atom. The van der Waals surface area contributed by atoms with E-state index in [1.54, 1.807) is 113 Å². The Hall–Kier alpha value is -8.19. The molecule has 0 bridgehead atoms. The summed E-state index contributed by atoms with van der Waals surface area (Å²) in [5.74, 6) is -15.0. The molecule has 0 aromatic heterocycles. The van der Waals surface area contributed by atoms with E-state index in [-0.39, 0.29) is 63.1 Å². The Morgan fingerprint density at radius 2 is 1.21 bits per heavy atom. The zero-order valence-electron chi connectivity index (χ0n) is 63.8. The number of allylic oxidation sites excluding steroid dienone is 1. The van der Waals surface area contributed by atoms with Crippen LogP contribution in [0.15, 0.2) is 42.1 Å². The van der Waals surface area contributed by atoms with Crippen LogP contribution in [0.25, 0.3) is 0 Å². The van der Waals surface area contributed by atoms with Crippen LogP contribution in [-0.4, -0.2) is 196 Å². The van der Waals surface area contributed by atoms with Gasteiger partial charge in [0.25, 0.3) is 5.91 Å². The predicted octanol–water partition coefficient (Wildman–Crippen LogP) is 1.11. The Balaban J connectivity index is 1.99. The SMILES string of the molecule is C/C=C1\NC(=O)[C@H](Cc2ccccc2)NC(=O)[C@@H](C(C)C)NC(=O)[C@@H]([C@@H](C)CC)NC(=O)[C@H](NC(=O)[C@H](NC(=O)[C@H](CCCN)NC(=O)[C@H]2CCCN2C(=O)[C@H](NC(=O)[C@@H](NC(=O)[C@@H](NC(=O)[C@H](CS)NC(=O)CCCC(C)C)[C@@H](C)O)C(C)C)C(C)C)[C@@H](C)CC)[C@@H](C)OC(=O)[C@H](C(C)C)NC1=O. The van der Waals surface area contributed by atoms with Gasteiger partial charge in [0.05, 0.1) is 6.10 Å². The number of nitrogens with zero attached hydrogens (tertiary/aromatic N) is 1. The molecule has 2 saturated heterocycles. The molecule has 0 unspecified atom stereocenters. The molecule has 16 atom stereocenters. The van der Waals surface area contributed by atoms with Crippen LogP contribution in [0.4, 0.5) is 0 Å². The summed E-state index contributed by atoms with van der Waals surface area (Å²) >= 11 is 4.22. The summed E-state index contributed by atoms with van der Waals surface area (Å²) in [5, 5.41) is 42.8. The van der Waals surface area contributed by atoms with Gasteiger partial charge in [-0.2, -0.15) is 12.6 Å². The van der Waals surface area contributed by atoms with Crippen molar-refractivity contribution in [3.8, 4) is 0 Å². The number of hydrogen-bond donors (Lipinski definition) is 15. The highest BCUT2D eigenvalue weighted by Crippen LogP contribution is 2.23. The summed E-state index contributed by atoms with van der Waals surface area (Å²) in [5.41, 5.74) is 6.33. The molecule has 2 aliphatic heterocycles. The minimum absolute atomic E-state index is 0.0362. The van der Waals surface area contributed by atoms with Crippen LogP contribution in [0.1, 0.15) is 181 Å². The molecule has 15 N–H and O–H groups in total. The van der Waals surface area contributed by atoms with Gasteiger partial charge < -0.3 is 84.3 Å². The average Bonchev–Trinajstić information content (AvgIpc) is 1.48. The lowest BCUT2D eigenvalue weighted by Gasteiger charge is -2.33. The standard InChI is InChI=1S/C73H120N14O16S/c1-18-42(14)57(69(98)86-60-45(17)103-73(102)56(41(12)13)82-61(90)47(20-3)76-63(92)49(35-46-28-22-21-23-29-46)78-66(95)53(38(6)7)79-68(97)58(43(15)19-2)84-71(60)100)83-62(91)48(30-25-33-74)77-65(94)51-31-26-34-87(51)72(101)55(40(10)11)81-67(96)54(39(8)9)80-70(99)59(44(16)88)85-64(93)50(36-104)75-52(89)32-24-27-37(4)5/h20-23,28-29,37-45,48-51,53-60,88,104H,18-19,24-27,30-36,74H2,1-17H3,(H,75,89)(H,76,92)(H,77,94)(H,78,95)(H,79,97)(H,80,99)(H,81,96)(H,82,90)(H,83,91)(H,84,100)(H,85,93)(H,86,98)/b47-20-/t42-,43-,44+,45+,48-,49-,50-,51+,53+,54-,55+,56-,57+,58+,59-,60+/m0/s1. The van der Waals surface area contributed by atoms with Crippen LogP contribution in [0.3, 0.4) is 0 Å². The maximum atomic E-state index is 15.0. The molecule has 2 heterocycles. The molecule has 0 radical (unpaired) electrons. The van der Waals surface area contributed by atoms with Crippen LogP contribution >= 0.6 is 12.6 Å². The second kappa shape index (κ2) is 43.9. The maximum Gasteiger partial charge on any atom is 0.329 e. The molecule has 30 nitrogen and oxygen atoms in total. The minimum Gasteiger partial charge on any atom is -0.458 e. The van der Waals surface area contributed by atoms with Crippen molar-refractivity contribution < 1.29 is 77.0 Å². The van der Waals surface area contributed by atoms with E-state index in [2.05, 4.69) is 76.4 Å². The van der Waals surface area contributed by atoms with E-state index < -0.39 is 203 Å². The van der Waals surface area contributed by atoms with Crippen molar-refractivity contribution in [2.24, 2.45) is 47.2 Å². The van der Waals surface area contributed by atoms with Gasteiger partial charge in [-0.3, -0.25) is 62.3 Å². The molecule has 584 valence electrons. The minimum atomic E-state index is -1.83. The highest BCUT2D eigenvalue weighted by molar-refractivity contribution is 7.80. The number of nitrogens with two attached hydrogens (primary N) is 1. The number of cyclic esters (lactones) is 1. The van der Waals surface area contributed by atoms with Crippen molar-refractivity contribution in [2.45, 2.75) is 267 Å². The molecule has 3 rings (SSSR count). The average molecular weight is 1480 g/mol. The molecule has 2 aliphatic rings. The van der Waals surface area contributed by atoms with Gasteiger partial charge in [0.2, 0.25) is 70.9 Å². The summed E-state index contributed by atoms with van der Waals surface area (Å²) in [6.45, 7) is 28.2. The maximum absolute atomic E-state index is 15.0. The molecule has 1 aromatic carbocycles. The Kier molecular flexibility index (Phi) is 38.0. The second-order valence-corrected chi connectivity index (χ2v) is 29.6. The number of aliphatic hydroxyl groups excluding tert-OH is 1. The number of aliphatic hydroxyl groups is 1. The molecule has 104 heavy (non-hydrogen) atoms. The monoisotopic (exact) mass is 1480 g/mol. The number of likely N-dealkylation sites (tertiary alicyclic amines) is 1. The van der Waals surface area contributed by atoms with Crippen molar-refractivity contribution in [1.82, 2.24) is 68.7 Å². The Bertz CT molecular complexity index is 3130. The van der Waals surface area contributed by atoms with E-state index in [1.807, 2.05) is 13.8 Å². The normalized spacial score (nSPS) is 22.6. The lowest BCUT2D eigenvalue weighted by molar-refractivity contribution is -0.157. The van der Waals surface area contributed by atoms with Crippen LogP contribution in [-0.2, 0) is 78.3 Å². The zero-order chi connectivity index (χ0) is 78.6. The third kappa shape index (κ3) is 27.4. The van der Waals surface area contributed by atoms with Gasteiger partial charge in [-0.15, -0.1) is 0 Å². The number of amides is 13. The van der Waals surface area contributed by atoms with Crippen LogP contribution in [0, 0.1) is 41.4 Å². The quantitative estimate of drug-likeness (QED) is 0.0266. The first-order valence-electron chi connectivity index (χ1n) is 36.7.